The van der Waals surface area contributed by atoms with Crippen molar-refractivity contribution in [1.82, 2.24) is 0 Å². The molecule has 3 heteroatoms. The van der Waals surface area contributed by atoms with Gasteiger partial charge in [-0.3, -0.25) is 0 Å². The maximum atomic E-state index is 6.50. The summed E-state index contributed by atoms with van der Waals surface area (Å²) in [7, 11) is 3.43. The second kappa shape index (κ2) is 6.62. The van der Waals surface area contributed by atoms with E-state index in [1.165, 1.54) is 42.4 Å². The highest BCUT2D eigenvalue weighted by atomic mass is 16.5. The van der Waals surface area contributed by atoms with E-state index < -0.39 is 0 Å². The van der Waals surface area contributed by atoms with Crippen LogP contribution in [0.5, 0.6) is 11.5 Å². The summed E-state index contributed by atoms with van der Waals surface area (Å²) in [6.07, 6.45) is 6.22. The van der Waals surface area contributed by atoms with Gasteiger partial charge in [-0.15, -0.1) is 0 Å². The third kappa shape index (κ3) is 2.76. The SMILES string of the molecule is COc1ccc(C2Cc3ccc(OC)c(N)c3C3CCCCC23)cc1. The number of fused-ring (bicyclic) bond motifs is 3. The summed E-state index contributed by atoms with van der Waals surface area (Å²) in [4.78, 5) is 0. The van der Waals surface area contributed by atoms with Crippen LogP contribution in [-0.2, 0) is 6.42 Å². The van der Waals surface area contributed by atoms with E-state index in [0.717, 1.165) is 23.6 Å². The Kier molecular flexibility index (Phi) is 4.32. The van der Waals surface area contributed by atoms with Crippen LogP contribution in [0.25, 0.3) is 0 Å². The van der Waals surface area contributed by atoms with Gasteiger partial charge in [0.05, 0.1) is 19.9 Å². The van der Waals surface area contributed by atoms with Crippen LogP contribution in [0.15, 0.2) is 36.4 Å². The Morgan fingerprint density at radius 1 is 0.880 bits per heavy atom. The number of hydrogen-bond donors (Lipinski definition) is 1. The van der Waals surface area contributed by atoms with E-state index >= 15 is 0 Å². The van der Waals surface area contributed by atoms with E-state index in [0.29, 0.717) is 17.8 Å². The van der Waals surface area contributed by atoms with Gasteiger partial charge in [0.25, 0.3) is 0 Å². The second-order valence-corrected chi connectivity index (χ2v) is 7.39. The minimum atomic E-state index is 0.555. The number of nitrogen functional groups attached to an aromatic ring is 1. The van der Waals surface area contributed by atoms with Crippen LogP contribution in [0.1, 0.15) is 54.2 Å². The zero-order valence-corrected chi connectivity index (χ0v) is 15.1. The maximum absolute atomic E-state index is 6.50. The van der Waals surface area contributed by atoms with Crippen molar-refractivity contribution in [2.24, 2.45) is 5.92 Å². The van der Waals surface area contributed by atoms with E-state index in [2.05, 4.69) is 30.3 Å². The van der Waals surface area contributed by atoms with Crippen LogP contribution < -0.4 is 15.2 Å². The van der Waals surface area contributed by atoms with E-state index in [-0.39, 0.29) is 0 Å². The van der Waals surface area contributed by atoms with Crippen LogP contribution in [-0.4, -0.2) is 14.2 Å². The summed E-state index contributed by atoms with van der Waals surface area (Å²) in [5, 5.41) is 0. The zero-order valence-electron chi connectivity index (χ0n) is 15.1. The summed E-state index contributed by atoms with van der Waals surface area (Å²) >= 11 is 0. The molecule has 2 aromatic carbocycles. The van der Waals surface area contributed by atoms with Crippen molar-refractivity contribution in [3.63, 3.8) is 0 Å². The first-order chi connectivity index (χ1) is 12.2. The standard InChI is InChI=1S/C22H27NO2/c1-24-16-10-7-14(8-11-16)19-13-15-9-12-20(25-2)22(23)21(15)18-6-4-3-5-17(18)19/h7-12,17-19H,3-6,13,23H2,1-2H3. The molecular formula is C22H27NO2. The Morgan fingerprint density at radius 2 is 1.64 bits per heavy atom. The zero-order chi connectivity index (χ0) is 17.4. The van der Waals surface area contributed by atoms with Crippen LogP contribution in [0.3, 0.4) is 0 Å². The molecule has 0 saturated heterocycles. The van der Waals surface area contributed by atoms with Gasteiger partial charge < -0.3 is 15.2 Å². The minimum Gasteiger partial charge on any atom is -0.497 e. The summed E-state index contributed by atoms with van der Waals surface area (Å²) in [5.41, 5.74) is 11.6. The lowest BCUT2D eigenvalue weighted by Crippen LogP contribution is -2.31. The van der Waals surface area contributed by atoms with E-state index in [4.69, 9.17) is 15.2 Å². The predicted molar refractivity (Wildman–Crippen MR) is 102 cm³/mol. The average molecular weight is 337 g/mol. The molecule has 3 unspecified atom stereocenters. The van der Waals surface area contributed by atoms with Crippen LogP contribution in [0, 0.1) is 5.92 Å². The molecule has 2 aromatic rings. The van der Waals surface area contributed by atoms with Gasteiger partial charge in [-0.25, -0.2) is 0 Å². The van der Waals surface area contributed by atoms with Gasteiger partial charge in [0.2, 0.25) is 0 Å². The molecule has 2 N–H and O–H groups in total. The molecule has 0 heterocycles. The molecule has 0 amide bonds. The highest BCUT2D eigenvalue weighted by Gasteiger charge is 2.40. The molecular weight excluding hydrogens is 310 g/mol. The minimum absolute atomic E-state index is 0.555. The van der Waals surface area contributed by atoms with Gasteiger partial charge in [-0.1, -0.05) is 31.0 Å². The normalized spacial score (nSPS) is 25.0. The number of anilines is 1. The number of hydrogen-bond acceptors (Lipinski definition) is 3. The fourth-order valence-corrected chi connectivity index (χ4v) is 5.06. The lowest BCUT2D eigenvalue weighted by Gasteiger charge is -2.43. The molecule has 0 aliphatic heterocycles. The Morgan fingerprint density at radius 3 is 2.36 bits per heavy atom. The molecule has 1 saturated carbocycles. The summed E-state index contributed by atoms with van der Waals surface area (Å²) in [5.74, 6) is 3.54. The van der Waals surface area contributed by atoms with E-state index in [1.54, 1.807) is 14.2 Å². The maximum Gasteiger partial charge on any atom is 0.142 e. The number of nitrogens with two attached hydrogens (primary N) is 1. The molecule has 2 aliphatic rings. The molecule has 0 spiro atoms. The molecule has 0 radical (unpaired) electrons. The van der Waals surface area contributed by atoms with Gasteiger partial charge >= 0.3 is 0 Å². The first-order valence-corrected chi connectivity index (χ1v) is 9.32. The quantitative estimate of drug-likeness (QED) is 0.810. The van der Waals surface area contributed by atoms with Gasteiger partial charge in [-0.05, 0) is 71.9 Å². The fourth-order valence-electron chi connectivity index (χ4n) is 5.06. The topological polar surface area (TPSA) is 44.5 Å². The molecule has 4 rings (SSSR count). The molecule has 132 valence electrons. The monoisotopic (exact) mass is 337 g/mol. The van der Waals surface area contributed by atoms with Crippen LogP contribution in [0.4, 0.5) is 5.69 Å². The first-order valence-electron chi connectivity index (χ1n) is 9.32. The molecule has 25 heavy (non-hydrogen) atoms. The Bertz CT molecular complexity index is 753. The van der Waals surface area contributed by atoms with Crippen LogP contribution >= 0.6 is 0 Å². The van der Waals surface area contributed by atoms with Crippen LogP contribution in [0.2, 0.25) is 0 Å². The average Bonchev–Trinajstić information content (AvgIpc) is 2.67. The number of benzene rings is 2. The van der Waals surface area contributed by atoms with Crippen molar-refractivity contribution >= 4 is 5.69 Å². The fraction of sp³-hybridized carbons (Fsp3) is 0.455. The first kappa shape index (κ1) is 16.3. The molecule has 3 nitrogen and oxygen atoms in total. The molecule has 3 atom stereocenters. The van der Waals surface area contributed by atoms with Crippen molar-refractivity contribution < 1.29 is 9.47 Å². The van der Waals surface area contributed by atoms with Gasteiger partial charge in [-0.2, -0.15) is 0 Å². The summed E-state index contributed by atoms with van der Waals surface area (Å²) in [6.45, 7) is 0. The van der Waals surface area contributed by atoms with Gasteiger partial charge in [0.15, 0.2) is 0 Å². The van der Waals surface area contributed by atoms with Gasteiger partial charge in [0, 0.05) is 0 Å². The lowest BCUT2D eigenvalue weighted by molar-refractivity contribution is 0.243. The Hall–Kier alpha value is -2.16. The summed E-state index contributed by atoms with van der Waals surface area (Å²) in [6, 6.07) is 12.9. The number of rotatable bonds is 3. The van der Waals surface area contributed by atoms with Crippen molar-refractivity contribution in [2.75, 3.05) is 20.0 Å². The van der Waals surface area contributed by atoms with Crippen molar-refractivity contribution in [2.45, 2.75) is 43.9 Å². The second-order valence-electron chi connectivity index (χ2n) is 7.39. The van der Waals surface area contributed by atoms with E-state index in [9.17, 15) is 0 Å². The highest BCUT2D eigenvalue weighted by molar-refractivity contribution is 5.64. The van der Waals surface area contributed by atoms with Crippen molar-refractivity contribution in [3.8, 4) is 11.5 Å². The lowest BCUT2D eigenvalue weighted by atomic mass is 9.61. The third-order valence-corrected chi connectivity index (χ3v) is 6.25. The van der Waals surface area contributed by atoms with Gasteiger partial charge in [0.1, 0.15) is 11.5 Å². The molecule has 1 fully saturated rings. The third-order valence-electron chi connectivity index (χ3n) is 6.25. The largest absolute Gasteiger partial charge is 0.497 e. The number of ether oxygens (including phenoxy) is 2. The number of methoxy groups -OCH3 is 2. The Balaban J connectivity index is 1.76. The smallest absolute Gasteiger partial charge is 0.142 e. The highest BCUT2D eigenvalue weighted by Crippen LogP contribution is 2.54. The Labute approximate surface area is 150 Å². The molecule has 2 aliphatic carbocycles. The van der Waals surface area contributed by atoms with Crippen molar-refractivity contribution in [3.05, 3.63) is 53.1 Å². The van der Waals surface area contributed by atoms with Crippen molar-refractivity contribution in [1.29, 1.82) is 0 Å². The summed E-state index contributed by atoms with van der Waals surface area (Å²) < 4.78 is 10.8. The predicted octanol–water partition coefficient (Wildman–Crippen LogP) is 4.90. The molecule has 0 aromatic heterocycles. The molecule has 0 bridgehead atoms. The van der Waals surface area contributed by atoms with E-state index in [1.807, 2.05) is 6.07 Å².